The van der Waals surface area contributed by atoms with Crippen LogP contribution in [0.5, 0.6) is 0 Å². The Morgan fingerprint density at radius 1 is 1.44 bits per heavy atom. The maximum absolute atomic E-state index is 12.1. The number of hydrogen-bond donors (Lipinski definition) is 2. The first-order valence-electron chi connectivity index (χ1n) is 5.87. The van der Waals surface area contributed by atoms with Gasteiger partial charge in [0.15, 0.2) is 0 Å². The van der Waals surface area contributed by atoms with Gasteiger partial charge < -0.3 is 14.8 Å². The third-order valence-electron chi connectivity index (χ3n) is 2.35. The fourth-order valence-electron chi connectivity index (χ4n) is 1.62. The zero-order valence-corrected chi connectivity index (χ0v) is 10.9. The fraction of sp³-hybridized carbons (Fsp3) is 0.538. The lowest BCUT2D eigenvalue weighted by molar-refractivity contribution is -0.137. The number of carboxylic acid groups (broad SMARTS) is 1. The lowest BCUT2D eigenvalue weighted by Crippen LogP contribution is -2.43. The Labute approximate surface area is 106 Å². The molecule has 1 aromatic rings. The summed E-state index contributed by atoms with van der Waals surface area (Å²) < 4.78 is 5.21. The minimum Gasteiger partial charge on any atom is -0.481 e. The summed E-state index contributed by atoms with van der Waals surface area (Å²) in [6.45, 7) is 5.63. The lowest BCUT2D eigenvalue weighted by atomic mass is 9.97. The van der Waals surface area contributed by atoms with Gasteiger partial charge in [0.1, 0.15) is 5.76 Å². The third-order valence-corrected chi connectivity index (χ3v) is 2.35. The van der Waals surface area contributed by atoms with Crippen molar-refractivity contribution in [1.29, 1.82) is 0 Å². The van der Waals surface area contributed by atoms with Gasteiger partial charge >= 0.3 is 5.97 Å². The van der Waals surface area contributed by atoms with Crippen molar-refractivity contribution in [2.45, 2.75) is 45.1 Å². The summed E-state index contributed by atoms with van der Waals surface area (Å²) in [4.78, 5) is 22.7. The Hall–Kier alpha value is -1.78. The molecule has 1 aromatic heterocycles. The van der Waals surface area contributed by atoms with Crippen LogP contribution in [0.2, 0.25) is 0 Å². The van der Waals surface area contributed by atoms with Gasteiger partial charge in [-0.05, 0) is 39.3 Å². The summed E-state index contributed by atoms with van der Waals surface area (Å²) >= 11 is 0. The average molecular weight is 253 g/mol. The summed E-state index contributed by atoms with van der Waals surface area (Å²) in [6, 6.07) is 3.38. The number of carboxylic acids is 1. The van der Waals surface area contributed by atoms with E-state index in [0.717, 1.165) is 0 Å². The molecule has 2 N–H and O–H groups in total. The largest absolute Gasteiger partial charge is 0.481 e. The van der Waals surface area contributed by atoms with Crippen molar-refractivity contribution >= 4 is 11.9 Å². The first kappa shape index (κ1) is 14.3. The summed E-state index contributed by atoms with van der Waals surface area (Å²) in [5.41, 5.74) is -0.356. The quantitative estimate of drug-likeness (QED) is 0.842. The number of aliphatic carboxylic acids is 1. The molecule has 0 radical (unpaired) electrons. The summed E-state index contributed by atoms with van der Waals surface area (Å²) in [7, 11) is 0. The van der Waals surface area contributed by atoms with E-state index in [0.29, 0.717) is 5.76 Å². The number of carbonyl (C=O) groups is 2. The van der Waals surface area contributed by atoms with Gasteiger partial charge in [0.25, 0.3) is 0 Å². The molecular formula is C13H19NO4. The van der Waals surface area contributed by atoms with Crippen LogP contribution in [0.25, 0.3) is 0 Å². The molecule has 0 fully saturated rings. The Balaban J connectivity index is 2.77. The number of carbonyl (C=O) groups excluding carboxylic acids is 1. The van der Waals surface area contributed by atoms with Crippen LogP contribution in [-0.4, -0.2) is 22.5 Å². The SMILES string of the molecule is CC(C)(C)NC(=O)C(CCC(=O)O)c1ccco1. The molecule has 1 amide bonds. The normalized spacial score (nSPS) is 13.1. The first-order valence-corrected chi connectivity index (χ1v) is 5.87. The number of furan rings is 1. The number of nitrogens with one attached hydrogen (secondary N) is 1. The van der Waals surface area contributed by atoms with E-state index in [-0.39, 0.29) is 24.3 Å². The van der Waals surface area contributed by atoms with Crippen LogP contribution >= 0.6 is 0 Å². The lowest BCUT2D eigenvalue weighted by Gasteiger charge is -2.23. The van der Waals surface area contributed by atoms with Crippen LogP contribution in [0.3, 0.4) is 0 Å². The average Bonchev–Trinajstić information content (AvgIpc) is 2.67. The summed E-state index contributed by atoms with van der Waals surface area (Å²) in [5.74, 6) is -1.19. The van der Waals surface area contributed by atoms with Crippen molar-refractivity contribution in [1.82, 2.24) is 5.32 Å². The van der Waals surface area contributed by atoms with Crippen molar-refractivity contribution in [3.05, 3.63) is 24.2 Å². The van der Waals surface area contributed by atoms with E-state index in [1.165, 1.54) is 6.26 Å². The molecule has 0 aromatic carbocycles. The van der Waals surface area contributed by atoms with Crippen LogP contribution in [0.1, 0.15) is 45.3 Å². The second-order valence-corrected chi connectivity index (χ2v) is 5.24. The molecule has 1 atom stereocenters. The van der Waals surface area contributed by atoms with Crippen molar-refractivity contribution in [2.24, 2.45) is 0 Å². The Bertz CT molecular complexity index is 403. The highest BCUT2D eigenvalue weighted by Gasteiger charge is 2.26. The zero-order chi connectivity index (χ0) is 13.8. The van der Waals surface area contributed by atoms with Gasteiger partial charge in [-0.1, -0.05) is 0 Å². The monoisotopic (exact) mass is 253 g/mol. The van der Waals surface area contributed by atoms with Gasteiger partial charge in [-0.25, -0.2) is 0 Å². The van der Waals surface area contributed by atoms with E-state index in [1.54, 1.807) is 12.1 Å². The molecule has 0 aliphatic rings. The van der Waals surface area contributed by atoms with Gasteiger partial charge in [0.05, 0.1) is 12.2 Å². The van der Waals surface area contributed by atoms with Crippen LogP contribution in [0.15, 0.2) is 22.8 Å². The smallest absolute Gasteiger partial charge is 0.303 e. The second kappa shape index (κ2) is 5.71. The highest BCUT2D eigenvalue weighted by atomic mass is 16.4. The first-order chi connectivity index (χ1) is 8.29. The molecule has 0 spiro atoms. The zero-order valence-electron chi connectivity index (χ0n) is 10.9. The highest BCUT2D eigenvalue weighted by molar-refractivity contribution is 5.84. The highest BCUT2D eigenvalue weighted by Crippen LogP contribution is 2.23. The molecule has 5 heteroatoms. The van der Waals surface area contributed by atoms with Crippen molar-refractivity contribution < 1.29 is 19.1 Å². The van der Waals surface area contributed by atoms with Gasteiger partial charge in [0, 0.05) is 12.0 Å². The number of hydrogen-bond acceptors (Lipinski definition) is 3. The second-order valence-electron chi connectivity index (χ2n) is 5.24. The van der Waals surface area contributed by atoms with Gasteiger partial charge in [-0.2, -0.15) is 0 Å². The van der Waals surface area contributed by atoms with Crippen molar-refractivity contribution in [3.8, 4) is 0 Å². The van der Waals surface area contributed by atoms with E-state index in [1.807, 2.05) is 20.8 Å². The predicted octanol–water partition coefficient (Wildman–Crippen LogP) is 2.14. The minimum atomic E-state index is -0.921. The van der Waals surface area contributed by atoms with E-state index in [9.17, 15) is 9.59 Å². The summed E-state index contributed by atoms with van der Waals surface area (Å²) in [5, 5.41) is 11.6. The maximum atomic E-state index is 12.1. The molecule has 100 valence electrons. The Morgan fingerprint density at radius 3 is 2.56 bits per heavy atom. The van der Waals surface area contributed by atoms with Crippen molar-refractivity contribution in [2.75, 3.05) is 0 Å². The molecule has 0 bridgehead atoms. The molecule has 0 aliphatic carbocycles. The van der Waals surface area contributed by atoms with Gasteiger partial charge in [0.2, 0.25) is 5.91 Å². The van der Waals surface area contributed by atoms with Crippen LogP contribution < -0.4 is 5.32 Å². The number of rotatable bonds is 5. The molecule has 1 unspecified atom stereocenters. The van der Waals surface area contributed by atoms with Crippen molar-refractivity contribution in [3.63, 3.8) is 0 Å². The molecule has 0 saturated heterocycles. The van der Waals surface area contributed by atoms with Crippen LogP contribution in [0, 0.1) is 0 Å². The van der Waals surface area contributed by atoms with E-state index < -0.39 is 11.9 Å². The number of amides is 1. The Kier molecular flexibility index (Phi) is 4.53. The molecule has 5 nitrogen and oxygen atoms in total. The molecule has 0 saturated carbocycles. The van der Waals surface area contributed by atoms with E-state index >= 15 is 0 Å². The van der Waals surface area contributed by atoms with Gasteiger partial charge in [-0.3, -0.25) is 9.59 Å². The van der Waals surface area contributed by atoms with Gasteiger partial charge in [-0.15, -0.1) is 0 Å². The minimum absolute atomic E-state index is 0.0665. The molecular weight excluding hydrogens is 234 g/mol. The fourth-order valence-corrected chi connectivity index (χ4v) is 1.62. The van der Waals surface area contributed by atoms with Crippen LogP contribution in [-0.2, 0) is 9.59 Å². The van der Waals surface area contributed by atoms with Crippen LogP contribution in [0.4, 0.5) is 0 Å². The standard InChI is InChI=1S/C13H19NO4/c1-13(2,3)14-12(17)9(6-7-11(15)16)10-5-4-8-18-10/h4-5,8-9H,6-7H2,1-3H3,(H,14,17)(H,15,16). The molecule has 1 heterocycles. The predicted molar refractivity (Wildman–Crippen MR) is 66.2 cm³/mol. The maximum Gasteiger partial charge on any atom is 0.303 e. The van der Waals surface area contributed by atoms with E-state index in [2.05, 4.69) is 5.32 Å². The molecule has 1 rings (SSSR count). The molecule has 18 heavy (non-hydrogen) atoms. The summed E-state index contributed by atoms with van der Waals surface area (Å²) in [6.07, 6.45) is 1.64. The Morgan fingerprint density at radius 2 is 2.11 bits per heavy atom. The van der Waals surface area contributed by atoms with E-state index in [4.69, 9.17) is 9.52 Å². The topological polar surface area (TPSA) is 79.5 Å². The molecule has 0 aliphatic heterocycles. The third kappa shape index (κ3) is 4.61.